The molecule has 8 rings (SSSR count). The van der Waals surface area contributed by atoms with Crippen LogP contribution in [0.2, 0.25) is 0 Å². The van der Waals surface area contributed by atoms with Crippen LogP contribution in [0.1, 0.15) is 115 Å². The molecule has 3 unspecified atom stereocenters. The number of rotatable bonds is 5. The van der Waals surface area contributed by atoms with Crippen LogP contribution >= 0.6 is 0 Å². The Morgan fingerprint density at radius 3 is 1.82 bits per heavy atom. The molecule has 49 heavy (non-hydrogen) atoms. The normalized spacial score (nSPS) is 20.7. The molecule has 2 fully saturated rings. The van der Waals surface area contributed by atoms with E-state index in [0.29, 0.717) is 0 Å². The van der Waals surface area contributed by atoms with Gasteiger partial charge in [-0.1, -0.05) is 135 Å². The highest BCUT2D eigenvalue weighted by atomic mass is 15.1. The number of nitrogens with zero attached hydrogens (tertiary/aromatic N) is 1. The summed E-state index contributed by atoms with van der Waals surface area (Å²) in [6.07, 6.45) is 5.67. The molecule has 2 bridgehead atoms. The second-order valence-electron chi connectivity index (χ2n) is 17.9. The monoisotopic (exact) mass is 643 g/mol. The lowest BCUT2D eigenvalue weighted by atomic mass is 9.71. The van der Waals surface area contributed by atoms with Crippen LogP contribution in [0, 0.1) is 11.8 Å². The number of hydrogen-bond acceptors (Lipinski definition) is 1. The van der Waals surface area contributed by atoms with E-state index >= 15 is 0 Å². The Balaban J connectivity index is 1.24. The summed E-state index contributed by atoms with van der Waals surface area (Å²) in [5.74, 6) is 2.57. The van der Waals surface area contributed by atoms with Crippen LogP contribution < -0.4 is 4.90 Å². The maximum absolute atomic E-state index is 2.51. The summed E-state index contributed by atoms with van der Waals surface area (Å²) in [5, 5.41) is 0. The van der Waals surface area contributed by atoms with Gasteiger partial charge in [0, 0.05) is 22.5 Å². The minimum atomic E-state index is -0.117. The van der Waals surface area contributed by atoms with E-state index in [2.05, 4.69) is 169 Å². The molecular formula is C48H53N. The summed E-state index contributed by atoms with van der Waals surface area (Å²) in [5.41, 5.74) is 16.2. The lowest BCUT2D eigenvalue weighted by molar-refractivity contribution is 0.420. The predicted octanol–water partition coefficient (Wildman–Crippen LogP) is 13.6. The van der Waals surface area contributed by atoms with Gasteiger partial charge in [0.15, 0.2) is 0 Å². The molecule has 0 heterocycles. The molecule has 0 saturated heterocycles. The largest absolute Gasteiger partial charge is 0.310 e. The average molecular weight is 644 g/mol. The average Bonchev–Trinajstić information content (AvgIpc) is 3.78. The highest BCUT2D eigenvalue weighted by Crippen LogP contribution is 2.55. The molecule has 2 saturated carbocycles. The van der Waals surface area contributed by atoms with Crippen LogP contribution in [0.25, 0.3) is 22.3 Å². The third-order valence-electron chi connectivity index (χ3n) is 12.2. The van der Waals surface area contributed by atoms with Gasteiger partial charge in [-0.2, -0.15) is 0 Å². The Bertz CT molecular complexity index is 2000. The summed E-state index contributed by atoms with van der Waals surface area (Å²) in [4.78, 5) is 2.48. The summed E-state index contributed by atoms with van der Waals surface area (Å²) < 4.78 is 0. The van der Waals surface area contributed by atoms with Gasteiger partial charge in [0.25, 0.3) is 0 Å². The van der Waals surface area contributed by atoms with E-state index in [4.69, 9.17) is 0 Å². The Labute approximate surface area is 295 Å². The van der Waals surface area contributed by atoms with E-state index in [1.165, 1.54) is 92.8 Å². The topological polar surface area (TPSA) is 3.24 Å². The fourth-order valence-electron chi connectivity index (χ4n) is 9.51. The van der Waals surface area contributed by atoms with Crippen molar-refractivity contribution in [1.82, 2.24) is 0 Å². The third kappa shape index (κ3) is 5.54. The molecule has 3 aliphatic carbocycles. The second-order valence-corrected chi connectivity index (χ2v) is 17.9. The van der Waals surface area contributed by atoms with Crippen molar-refractivity contribution in [3.8, 4) is 22.3 Å². The fourth-order valence-corrected chi connectivity index (χ4v) is 9.51. The molecule has 3 aliphatic rings. The Morgan fingerprint density at radius 2 is 1.22 bits per heavy atom. The molecule has 0 N–H and O–H groups in total. The highest BCUT2D eigenvalue weighted by Gasteiger charge is 2.42. The summed E-state index contributed by atoms with van der Waals surface area (Å²) >= 11 is 0. The third-order valence-corrected chi connectivity index (χ3v) is 12.2. The first-order chi connectivity index (χ1) is 23.3. The van der Waals surface area contributed by atoms with Crippen LogP contribution in [0.15, 0.2) is 109 Å². The van der Waals surface area contributed by atoms with Crippen molar-refractivity contribution in [3.63, 3.8) is 0 Å². The Morgan fingerprint density at radius 1 is 0.592 bits per heavy atom. The molecular weight excluding hydrogens is 591 g/mol. The molecule has 1 nitrogen and oxygen atoms in total. The van der Waals surface area contributed by atoms with Gasteiger partial charge in [-0.15, -0.1) is 0 Å². The molecule has 0 amide bonds. The van der Waals surface area contributed by atoms with Crippen molar-refractivity contribution in [3.05, 3.63) is 137 Å². The van der Waals surface area contributed by atoms with Gasteiger partial charge in [-0.3, -0.25) is 0 Å². The molecule has 5 aromatic rings. The SMILES string of the molecule is CC(C)(C)c1cc2c(c(C(C)(C)C)c1)C(C)(C)c1cc(N(c3ccc(-c4ccccc4)cc3)c3ccc(C4CC5CCC4C5)cc3)ccc1-2. The molecule has 3 atom stereocenters. The minimum Gasteiger partial charge on any atom is -0.310 e. The summed E-state index contributed by atoms with van der Waals surface area (Å²) in [6, 6.07) is 41.7. The lowest BCUT2D eigenvalue weighted by Crippen LogP contribution is -2.25. The zero-order chi connectivity index (χ0) is 34.3. The maximum atomic E-state index is 2.51. The Kier molecular flexibility index (Phi) is 7.52. The van der Waals surface area contributed by atoms with E-state index in [-0.39, 0.29) is 16.2 Å². The van der Waals surface area contributed by atoms with Crippen molar-refractivity contribution in [2.45, 2.75) is 103 Å². The van der Waals surface area contributed by atoms with Gasteiger partial charge < -0.3 is 4.90 Å². The summed E-state index contributed by atoms with van der Waals surface area (Å²) in [7, 11) is 0. The molecule has 0 radical (unpaired) electrons. The second kappa shape index (κ2) is 11.5. The number of benzene rings is 5. The van der Waals surface area contributed by atoms with E-state index in [0.717, 1.165) is 17.8 Å². The lowest BCUT2D eigenvalue weighted by Gasteiger charge is -2.33. The van der Waals surface area contributed by atoms with Crippen molar-refractivity contribution >= 4 is 17.1 Å². The Hall–Kier alpha value is -4.10. The minimum absolute atomic E-state index is 0.0422. The first kappa shape index (κ1) is 32.1. The highest BCUT2D eigenvalue weighted by molar-refractivity contribution is 5.87. The smallest absolute Gasteiger partial charge is 0.0465 e. The molecule has 0 aromatic heterocycles. The molecule has 1 heteroatoms. The van der Waals surface area contributed by atoms with Crippen molar-refractivity contribution in [1.29, 1.82) is 0 Å². The van der Waals surface area contributed by atoms with Crippen LogP contribution in [-0.2, 0) is 16.2 Å². The predicted molar refractivity (Wildman–Crippen MR) is 210 cm³/mol. The zero-order valence-electron chi connectivity index (χ0n) is 30.9. The van der Waals surface area contributed by atoms with E-state index in [9.17, 15) is 0 Å². The van der Waals surface area contributed by atoms with Crippen LogP contribution in [0.5, 0.6) is 0 Å². The van der Waals surface area contributed by atoms with Crippen LogP contribution in [-0.4, -0.2) is 0 Å². The molecule has 0 aliphatic heterocycles. The van der Waals surface area contributed by atoms with Gasteiger partial charge in [0.1, 0.15) is 0 Å². The van der Waals surface area contributed by atoms with Gasteiger partial charge in [0.05, 0.1) is 0 Å². The van der Waals surface area contributed by atoms with Gasteiger partial charge in [-0.05, 0) is 134 Å². The van der Waals surface area contributed by atoms with Gasteiger partial charge in [0.2, 0.25) is 0 Å². The van der Waals surface area contributed by atoms with Gasteiger partial charge >= 0.3 is 0 Å². The zero-order valence-corrected chi connectivity index (χ0v) is 30.9. The van der Waals surface area contributed by atoms with Crippen molar-refractivity contribution < 1.29 is 0 Å². The quantitative estimate of drug-likeness (QED) is 0.184. The van der Waals surface area contributed by atoms with Crippen LogP contribution in [0.4, 0.5) is 17.1 Å². The number of anilines is 3. The first-order valence-corrected chi connectivity index (χ1v) is 18.7. The standard InChI is InChI=1S/C48H53N/c1-46(2,3)36-28-42-40-25-24-39(30-43(40)48(7,8)45(42)44(29-36)47(4,5)6)49(37-20-16-33(17-21-37)32-12-10-9-11-13-32)38-22-18-34(19-23-38)41-27-31-14-15-35(41)26-31/h9-13,16-25,28-31,35,41H,14-15,26-27H2,1-8H3. The van der Waals surface area contributed by atoms with E-state index < -0.39 is 0 Å². The molecule has 0 spiro atoms. The van der Waals surface area contributed by atoms with Crippen molar-refractivity contribution in [2.24, 2.45) is 11.8 Å². The fraction of sp³-hybridized carbons (Fsp3) is 0.375. The van der Waals surface area contributed by atoms with Crippen LogP contribution in [0.3, 0.4) is 0 Å². The van der Waals surface area contributed by atoms with Crippen molar-refractivity contribution in [2.75, 3.05) is 4.90 Å². The molecule has 5 aromatic carbocycles. The number of hydrogen-bond donors (Lipinski definition) is 0. The first-order valence-electron chi connectivity index (χ1n) is 18.7. The number of fused-ring (bicyclic) bond motifs is 5. The summed E-state index contributed by atoms with van der Waals surface area (Å²) in [6.45, 7) is 19.0. The molecule has 250 valence electrons. The maximum Gasteiger partial charge on any atom is 0.0465 e. The van der Waals surface area contributed by atoms with E-state index in [1.54, 1.807) is 0 Å². The van der Waals surface area contributed by atoms with E-state index in [1.807, 2.05) is 0 Å². The van der Waals surface area contributed by atoms with Gasteiger partial charge in [-0.25, -0.2) is 0 Å².